The number of ether oxygens (including phenoxy) is 1. The molecule has 6 nitrogen and oxygen atoms in total. The fraction of sp³-hybridized carbons (Fsp3) is 0.250. The van der Waals surface area contributed by atoms with Gasteiger partial charge < -0.3 is 4.74 Å². The lowest BCUT2D eigenvalue weighted by Crippen LogP contribution is -2.48. The minimum atomic E-state index is -0.652. The summed E-state index contributed by atoms with van der Waals surface area (Å²) in [5, 5.41) is 7.04. The van der Waals surface area contributed by atoms with Crippen molar-refractivity contribution in [2.24, 2.45) is 11.0 Å². The number of benzene rings is 2. The first-order chi connectivity index (χ1) is 13.5. The molecule has 2 heterocycles. The van der Waals surface area contributed by atoms with Crippen LogP contribution in [-0.4, -0.2) is 41.8 Å². The summed E-state index contributed by atoms with van der Waals surface area (Å²) >= 11 is 9.58. The molecule has 0 aromatic heterocycles. The Bertz CT molecular complexity index is 963. The molecule has 2 amide bonds. The van der Waals surface area contributed by atoms with E-state index in [4.69, 9.17) is 21.4 Å². The molecule has 0 unspecified atom stereocenters. The third-order valence-corrected chi connectivity index (χ3v) is 5.64. The van der Waals surface area contributed by atoms with Crippen molar-refractivity contribution >= 4 is 50.9 Å². The van der Waals surface area contributed by atoms with E-state index in [9.17, 15) is 9.59 Å². The molecule has 0 saturated carbocycles. The number of rotatable bonds is 3. The van der Waals surface area contributed by atoms with E-state index >= 15 is 0 Å². The number of cyclic esters (lactones) is 1. The van der Waals surface area contributed by atoms with E-state index in [0.29, 0.717) is 5.02 Å². The van der Waals surface area contributed by atoms with Gasteiger partial charge in [-0.25, -0.2) is 9.69 Å². The fourth-order valence-corrected chi connectivity index (χ4v) is 3.94. The summed E-state index contributed by atoms with van der Waals surface area (Å²) in [4.78, 5) is 26.4. The topological polar surface area (TPSA) is 62.2 Å². The maximum atomic E-state index is 13.2. The largest absolute Gasteiger partial charge is 0.447 e. The van der Waals surface area contributed by atoms with Crippen LogP contribution in [0.5, 0.6) is 0 Å². The number of imide groups is 1. The fourth-order valence-electron chi connectivity index (χ4n) is 3.48. The molecule has 2 aromatic carbocycles. The smallest absolute Gasteiger partial charge is 0.416 e. The summed E-state index contributed by atoms with van der Waals surface area (Å²) < 4.78 is 5.88. The molecule has 8 heteroatoms. The van der Waals surface area contributed by atoms with E-state index < -0.39 is 12.1 Å². The summed E-state index contributed by atoms with van der Waals surface area (Å²) in [5.41, 5.74) is 2.36. The number of nitrogens with zero attached hydrogens (tertiary/aromatic N) is 3. The highest BCUT2D eigenvalue weighted by atomic mass is 79.9. The number of halogens is 2. The van der Waals surface area contributed by atoms with Crippen LogP contribution in [0.25, 0.3) is 0 Å². The van der Waals surface area contributed by atoms with E-state index in [1.54, 1.807) is 11.1 Å². The van der Waals surface area contributed by atoms with Crippen molar-refractivity contribution in [3.63, 3.8) is 0 Å². The van der Waals surface area contributed by atoms with Crippen LogP contribution in [0.15, 0.2) is 58.1 Å². The molecule has 2 aromatic rings. The predicted octanol–water partition coefficient (Wildman–Crippen LogP) is 4.31. The molecular weight excluding hydrogens is 446 g/mol. The normalized spacial score (nSPS) is 21.7. The lowest BCUT2D eigenvalue weighted by Gasteiger charge is -2.27. The number of hydrogen-bond acceptors (Lipinski definition) is 5. The number of carbonyl (C=O) groups is 2. The van der Waals surface area contributed by atoms with Gasteiger partial charge >= 0.3 is 6.09 Å². The lowest BCUT2D eigenvalue weighted by atomic mass is 9.92. The van der Waals surface area contributed by atoms with Crippen molar-refractivity contribution in [1.82, 2.24) is 4.90 Å². The summed E-state index contributed by atoms with van der Waals surface area (Å²) in [6.45, 7) is 2.40. The SMILES string of the molecule is C[C@H]1C(c2cccc(Cl)c2)=NN(c2ccc(Br)cc2)[C@@H]1C(=O)N1CCOC1=O. The Labute approximate surface area is 175 Å². The van der Waals surface area contributed by atoms with Gasteiger partial charge in [0.25, 0.3) is 5.91 Å². The second-order valence-electron chi connectivity index (χ2n) is 6.65. The number of carbonyl (C=O) groups excluding carboxylic acids is 2. The average Bonchev–Trinajstić information content (AvgIpc) is 3.25. The summed E-state index contributed by atoms with van der Waals surface area (Å²) in [7, 11) is 0. The van der Waals surface area contributed by atoms with E-state index in [1.165, 1.54) is 0 Å². The predicted molar refractivity (Wildman–Crippen MR) is 111 cm³/mol. The van der Waals surface area contributed by atoms with Gasteiger partial charge in [0, 0.05) is 15.4 Å². The van der Waals surface area contributed by atoms with Crippen LogP contribution in [0.1, 0.15) is 12.5 Å². The molecule has 0 radical (unpaired) electrons. The van der Waals surface area contributed by atoms with Gasteiger partial charge in [-0.15, -0.1) is 0 Å². The molecule has 0 bridgehead atoms. The van der Waals surface area contributed by atoms with Crippen molar-refractivity contribution in [2.75, 3.05) is 18.2 Å². The molecule has 1 fully saturated rings. The van der Waals surface area contributed by atoms with Crippen LogP contribution < -0.4 is 5.01 Å². The van der Waals surface area contributed by atoms with E-state index in [0.717, 1.165) is 26.3 Å². The molecule has 0 aliphatic carbocycles. The van der Waals surface area contributed by atoms with E-state index in [2.05, 4.69) is 15.9 Å². The summed E-state index contributed by atoms with van der Waals surface area (Å²) in [5.74, 6) is -0.568. The van der Waals surface area contributed by atoms with E-state index in [-0.39, 0.29) is 25.0 Å². The summed E-state index contributed by atoms with van der Waals surface area (Å²) in [6.07, 6.45) is -0.607. The second-order valence-corrected chi connectivity index (χ2v) is 8.01. The van der Waals surface area contributed by atoms with Crippen LogP contribution in [0, 0.1) is 5.92 Å². The molecule has 28 heavy (non-hydrogen) atoms. The van der Waals surface area contributed by atoms with Crippen molar-refractivity contribution < 1.29 is 14.3 Å². The molecule has 2 aliphatic heterocycles. The highest BCUT2D eigenvalue weighted by Gasteiger charge is 2.45. The van der Waals surface area contributed by atoms with Gasteiger partial charge in [-0.1, -0.05) is 46.6 Å². The highest BCUT2D eigenvalue weighted by Crippen LogP contribution is 2.33. The molecule has 2 aliphatic rings. The minimum Gasteiger partial charge on any atom is -0.447 e. The Hall–Kier alpha value is -2.38. The maximum absolute atomic E-state index is 13.2. The van der Waals surface area contributed by atoms with Crippen molar-refractivity contribution in [3.8, 4) is 0 Å². The highest BCUT2D eigenvalue weighted by molar-refractivity contribution is 9.10. The molecule has 4 rings (SSSR count). The van der Waals surface area contributed by atoms with Crippen LogP contribution in [0.4, 0.5) is 10.5 Å². The number of hydrogen-bond donors (Lipinski definition) is 0. The molecule has 0 N–H and O–H groups in total. The standard InChI is InChI=1S/C20H17BrClN3O3/c1-12-17(13-3-2-4-15(22)11-13)23-25(16-7-5-14(21)6-8-16)18(12)19(26)24-9-10-28-20(24)27/h2-8,11-12,18H,9-10H2,1H3/t12-,18-/m0/s1. The average molecular weight is 463 g/mol. The Kier molecular flexibility index (Phi) is 5.12. The quantitative estimate of drug-likeness (QED) is 0.682. The molecule has 144 valence electrons. The van der Waals surface area contributed by atoms with Gasteiger partial charge in [-0.05, 0) is 42.0 Å². The van der Waals surface area contributed by atoms with Gasteiger partial charge in [0.15, 0.2) is 0 Å². The van der Waals surface area contributed by atoms with Gasteiger partial charge in [0.1, 0.15) is 12.6 Å². The Morgan fingerprint density at radius 2 is 2.00 bits per heavy atom. The first-order valence-electron chi connectivity index (χ1n) is 8.83. The first kappa shape index (κ1) is 19.0. The zero-order chi connectivity index (χ0) is 19.8. The maximum Gasteiger partial charge on any atom is 0.416 e. The van der Waals surface area contributed by atoms with Crippen LogP contribution in [0.3, 0.4) is 0 Å². The van der Waals surface area contributed by atoms with Crippen molar-refractivity contribution in [1.29, 1.82) is 0 Å². The second kappa shape index (κ2) is 7.56. The minimum absolute atomic E-state index is 0.214. The molecule has 0 spiro atoms. The molecule has 1 saturated heterocycles. The Balaban J connectivity index is 1.76. The molecular formula is C20H17BrClN3O3. The number of hydrazone groups is 1. The van der Waals surface area contributed by atoms with Crippen LogP contribution >= 0.6 is 27.5 Å². The first-order valence-corrected chi connectivity index (χ1v) is 10.00. The number of amides is 2. The lowest BCUT2D eigenvalue weighted by molar-refractivity contribution is -0.129. The van der Waals surface area contributed by atoms with Gasteiger partial charge in [-0.3, -0.25) is 9.80 Å². The van der Waals surface area contributed by atoms with E-state index in [1.807, 2.05) is 49.4 Å². The Morgan fingerprint density at radius 1 is 1.25 bits per heavy atom. The summed E-state index contributed by atoms with van der Waals surface area (Å²) in [6, 6.07) is 14.3. The zero-order valence-electron chi connectivity index (χ0n) is 15.0. The number of anilines is 1. The van der Waals surface area contributed by atoms with Gasteiger partial charge in [-0.2, -0.15) is 5.10 Å². The third kappa shape index (κ3) is 3.40. The van der Waals surface area contributed by atoms with Crippen molar-refractivity contribution in [2.45, 2.75) is 13.0 Å². The van der Waals surface area contributed by atoms with Crippen LogP contribution in [0.2, 0.25) is 5.02 Å². The van der Waals surface area contributed by atoms with Gasteiger partial charge in [0.05, 0.1) is 17.9 Å². The zero-order valence-corrected chi connectivity index (χ0v) is 17.4. The van der Waals surface area contributed by atoms with Crippen molar-refractivity contribution in [3.05, 3.63) is 63.6 Å². The monoisotopic (exact) mass is 461 g/mol. The Morgan fingerprint density at radius 3 is 2.64 bits per heavy atom. The van der Waals surface area contributed by atoms with Crippen LogP contribution in [-0.2, 0) is 9.53 Å². The molecule has 2 atom stereocenters. The third-order valence-electron chi connectivity index (χ3n) is 4.88. The van der Waals surface area contributed by atoms with Gasteiger partial charge in [0.2, 0.25) is 0 Å².